The van der Waals surface area contributed by atoms with E-state index in [0.717, 1.165) is 44.4 Å². The minimum absolute atomic E-state index is 0.167. The fourth-order valence-corrected chi connectivity index (χ4v) is 6.08. The molecule has 0 saturated heterocycles. The first-order chi connectivity index (χ1) is 16.1. The number of rotatable bonds is 8. The molecule has 2 aromatic carbocycles. The molecule has 0 N–H and O–H groups in total. The van der Waals surface area contributed by atoms with E-state index in [1.54, 1.807) is 0 Å². The SMILES string of the molecule is C=CCCc1ccc(C2CCC(C3CCC(c4cc(F)c(OCF)c(F)c4)CC3)CC2)cc1. The Morgan fingerprint density at radius 1 is 0.788 bits per heavy atom. The third-order valence-electron chi connectivity index (χ3n) is 7.99. The van der Waals surface area contributed by atoms with Crippen LogP contribution in [0, 0.1) is 23.5 Å². The van der Waals surface area contributed by atoms with Crippen molar-refractivity contribution < 1.29 is 17.9 Å². The molecule has 0 aliphatic heterocycles. The van der Waals surface area contributed by atoms with Crippen LogP contribution >= 0.6 is 0 Å². The Labute approximate surface area is 196 Å². The second-order valence-corrected chi connectivity index (χ2v) is 9.86. The third kappa shape index (κ3) is 5.83. The summed E-state index contributed by atoms with van der Waals surface area (Å²) < 4.78 is 45.1. The highest BCUT2D eigenvalue weighted by atomic mass is 19.1. The lowest BCUT2D eigenvalue weighted by Crippen LogP contribution is -2.25. The van der Waals surface area contributed by atoms with E-state index >= 15 is 0 Å². The van der Waals surface area contributed by atoms with Gasteiger partial charge in [0.05, 0.1) is 0 Å². The zero-order valence-electron chi connectivity index (χ0n) is 19.4. The molecular weight excluding hydrogens is 421 g/mol. The molecule has 2 aromatic rings. The van der Waals surface area contributed by atoms with Crippen molar-refractivity contribution in [2.75, 3.05) is 6.86 Å². The van der Waals surface area contributed by atoms with Crippen molar-refractivity contribution in [1.82, 2.24) is 0 Å². The van der Waals surface area contributed by atoms with Crippen molar-refractivity contribution in [1.29, 1.82) is 0 Å². The summed E-state index contributed by atoms with van der Waals surface area (Å²) in [6, 6.07) is 11.8. The van der Waals surface area contributed by atoms with Crippen molar-refractivity contribution in [2.45, 2.75) is 76.0 Å². The van der Waals surface area contributed by atoms with E-state index in [0.29, 0.717) is 17.4 Å². The number of benzene rings is 2. The molecular formula is C29H35F3O. The molecule has 33 heavy (non-hydrogen) atoms. The van der Waals surface area contributed by atoms with Crippen LogP contribution in [0.15, 0.2) is 49.1 Å². The molecule has 1 nitrogen and oxygen atoms in total. The molecule has 0 bridgehead atoms. The number of alkyl halides is 1. The maximum atomic E-state index is 14.1. The highest BCUT2D eigenvalue weighted by Gasteiger charge is 2.32. The summed E-state index contributed by atoms with van der Waals surface area (Å²) in [5, 5.41) is 0. The molecule has 0 amide bonds. The van der Waals surface area contributed by atoms with Gasteiger partial charge < -0.3 is 4.74 Å². The number of halogens is 3. The van der Waals surface area contributed by atoms with Crippen LogP contribution < -0.4 is 4.74 Å². The number of allylic oxidation sites excluding steroid dienone is 1. The highest BCUT2D eigenvalue weighted by molar-refractivity contribution is 5.33. The monoisotopic (exact) mass is 456 g/mol. The maximum absolute atomic E-state index is 14.1. The van der Waals surface area contributed by atoms with Gasteiger partial charge in [-0.3, -0.25) is 0 Å². The standard InChI is InChI=1S/C29H35F3O/c1-2-3-4-20-5-7-21(8-6-20)22-9-11-23(12-10-22)24-13-15-25(16-14-24)26-17-27(31)29(33-19-30)28(32)18-26/h2,5-8,17-18,22-25H,1,3-4,9-16,19H2. The lowest BCUT2D eigenvalue weighted by Gasteiger charge is -2.38. The van der Waals surface area contributed by atoms with Crippen LogP contribution in [0.4, 0.5) is 13.2 Å². The molecule has 0 aromatic heterocycles. The lowest BCUT2D eigenvalue weighted by molar-refractivity contribution is 0.173. The minimum atomic E-state index is -1.23. The van der Waals surface area contributed by atoms with E-state index < -0.39 is 24.2 Å². The largest absolute Gasteiger partial charge is 0.457 e. The van der Waals surface area contributed by atoms with Crippen molar-refractivity contribution >= 4 is 0 Å². The highest BCUT2D eigenvalue weighted by Crippen LogP contribution is 2.46. The molecule has 0 atom stereocenters. The Hall–Kier alpha value is -2.23. The first kappa shape index (κ1) is 23.9. The van der Waals surface area contributed by atoms with Gasteiger partial charge >= 0.3 is 0 Å². The van der Waals surface area contributed by atoms with Gasteiger partial charge in [-0.1, -0.05) is 30.3 Å². The zero-order valence-corrected chi connectivity index (χ0v) is 19.4. The van der Waals surface area contributed by atoms with E-state index in [2.05, 4.69) is 35.6 Å². The third-order valence-corrected chi connectivity index (χ3v) is 7.99. The normalized spacial score (nSPS) is 25.5. The molecule has 2 aliphatic rings. The smallest absolute Gasteiger partial charge is 0.228 e. The summed E-state index contributed by atoms with van der Waals surface area (Å²) in [6.07, 6.45) is 13.3. The molecule has 2 aliphatic carbocycles. The molecule has 2 saturated carbocycles. The molecule has 0 spiro atoms. The Bertz CT molecular complexity index is 884. The van der Waals surface area contributed by atoms with Crippen LogP contribution in [0.3, 0.4) is 0 Å². The fraction of sp³-hybridized carbons (Fsp3) is 0.517. The van der Waals surface area contributed by atoms with Crippen molar-refractivity contribution in [2.24, 2.45) is 11.8 Å². The van der Waals surface area contributed by atoms with Gasteiger partial charge in [0.25, 0.3) is 0 Å². The predicted molar refractivity (Wildman–Crippen MR) is 127 cm³/mol. The van der Waals surface area contributed by atoms with Gasteiger partial charge in [0.1, 0.15) is 0 Å². The zero-order chi connectivity index (χ0) is 23.2. The van der Waals surface area contributed by atoms with E-state index in [4.69, 9.17) is 0 Å². The van der Waals surface area contributed by atoms with Crippen molar-refractivity contribution in [3.63, 3.8) is 0 Å². The van der Waals surface area contributed by atoms with Gasteiger partial charge in [-0.25, -0.2) is 13.2 Å². The van der Waals surface area contributed by atoms with Crippen LogP contribution in [-0.4, -0.2) is 6.86 Å². The Kier molecular flexibility index (Phi) is 8.16. The average Bonchev–Trinajstić information content (AvgIpc) is 2.85. The van der Waals surface area contributed by atoms with Gasteiger partial charge in [0.15, 0.2) is 17.4 Å². The van der Waals surface area contributed by atoms with E-state index in [1.165, 1.54) is 48.9 Å². The predicted octanol–water partition coefficient (Wildman–Crippen LogP) is 8.64. The second-order valence-electron chi connectivity index (χ2n) is 9.86. The summed E-state index contributed by atoms with van der Waals surface area (Å²) in [4.78, 5) is 0. The van der Waals surface area contributed by atoms with E-state index in [-0.39, 0.29) is 5.92 Å². The summed E-state index contributed by atoms with van der Waals surface area (Å²) in [5.74, 6) is 0.0876. The van der Waals surface area contributed by atoms with Crippen LogP contribution in [-0.2, 0) is 6.42 Å². The Morgan fingerprint density at radius 3 is 1.79 bits per heavy atom. The minimum Gasteiger partial charge on any atom is -0.457 e. The number of ether oxygens (including phenoxy) is 1. The molecule has 2 fully saturated rings. The number of hydrogen-bond acceptors (Lipinski definition) is 1. The van der Waals surface area contributed by atoms with Crippen LogP contribution in [0.1, 0.15) is 86.3 Å². The Morgan fingerprint density at radius 2 is 1.30 bits per heavy atom. The fourth-order valence-electron chi connectivity index (χ4n) is 6.08. The lowest BCUT2D eigenvalue weighted by atomic mass is 9.67. The van der Waals surface area contributed by atoms with Gasteiger partial charge in [-0.05, 0) is 117 Å². The van der Waals surface area contributed by atoms with Gasteiger partial charge in [0.2, 0.25) is 6.86 Å². The van der Waals surface area contributed by atoms with Crippen molar-refractivity contribution in [3.8, 4) is 5.75 Å². The van der Waals surface area contributed by atoms with E-state index in [1.807, 2.05) is 6.08 Å². The molecule has 178 valence electrons. The summed E-state index contributed by atoms with van der Waals surface area (Å²) in [7, 11) is 0. The van der Waals surface area contributed by atoms with E-state index in [9.17, 15) is 13.2 Å². The summed E-state index contributed by atoms with van der Waals surface area (Å²) in [5.41, 5.74) is 3.53. The summed E-state index contributed by atoms with van der Waals surface area (Å²) in [6.45, 7) is 2.57. The quantitative estimate of drug-likeness (QED) is 0.361. The molecule has 4 rings (SSSR count). The number of aryl methyl sites for hydroxylation is 1. The van der Waals surface area contributed by atoms with Gasteiger partial charge in [-0.2, -0.15) is 0 Å². The van der Waals surface area contributed by atoms with Gasteiger partial charge in [0, 0.05) is 0 Å². The maximum Gasteiger partial charge on any atom is 0.228 e. The van der Waals surface area contributed by atoms with Crippen LogP contribution in [0.5, 0.6) is 5.75 Å². The summed E-state index contributed by atoms with van der Waals surface area (Å²) >= 11 is 0. The Balaban J connectivity index is 1.27. The molecule has 0 unspecified atom stereocenters. The van der Waals surface area contributed by atoms with Crippen LogP contribution in [0.2, 0.25) is 0 Å². The molecule has 0 radical (unpaired) electrons. The molecule has 4 heteroatoms. The first-order valence-electron chi connectivity index (χ1n) is 12.5. The van der Waals surface area contributed by atoms with Crippen molar-refractivity contribution in [3.05, 3.63) is 77.4 Å². The second kappa shape index (κ2) is 11.3. The number of hydrogen-bond donors (Lipinski definition) is 0. The van der Waals surface area contributed by atoms with Crippen LogP contribution in [0.25, 0.3) is 0 Å². The topological polar surface area (TPSA) is 9.23 Å². The first-order valence-corrected chi connectivity index (χ1v) is 12.5. The molecule has 0 heterocycles. The average molecular weight is 457 g/mol. The van der Waals surface area contributed by atoms with Gasteiger partial charge in [-0.15, -0.1) is 6.58 Å².